The minimum atomic E-state index is -0.0607. The number of rotatable bonds is 10. The number of benzene rings is 1. The molecule has 1 aromatic heterocycles. The first-order valence-electron chi connectivity index (χ1n) is 10.2. The van der Waals surface area contributed by atoms with Gasteiger partial charge >= 0.3 is 0 Å². The molecule has 1 fully saturated rings. The number of nitrogens with one attached hydrogen (secondary N) is 3. The van der Waals surface area contributed by atoms with Gasteiger partial charge in [0.15, 0.2) is 12.6 Å². The number of nitrogens with zero attached hydrogens (tertiary/aromatic N) is 1. The molecule has 0 bridgehead atoms. The standard InChI is InChI=1S/C22H30N4O2S/c1-3-23-22(24-13-16(2)20-8-5-11-29-20)25-14-17-6-4-7-19(12-17)28-15-21(27)26-18-9-10-18/h4-8,11-12,16,18H,3,9-10,13-15H2,1-2H3,(H,26,27)(H2,23,24,25). The number of guanidine groups is 1. The molecule has 0 saturated heterocycles. The van der Waals surface area contributed by atoms with Gasteiger partial charge in [0.05, 0.1) is 6.54 Å². The second-order valence-electron chi connectivity index (χ2n) is 7.27. The Kier molecular flexibility index (Phi) is 7.93. The Hall–Kier alpha value is -2.54. The molecule has 0 radical (unpaired) electrons. The van der Waals surface area contributed by atoms with Gasteiger partial charge in [-0.1, -0.05) is 25.1 Å². The zero-order chi connectivity index (χ0) is 20.5. The third kappa shape index (κ3) is 7.42. The fraction of sp³-hybridized carbons (Fsp3) is 0.455. The van der Waals surface area contributed by atoms with Gasteiger partial charge in [0.25, 0.3) is 5.91 Å². The van der Waals surface area contributed by atoms with Crippen LogP contribution >= 0.6 is 11.3 Å². The SMILES string of the molecule is CCNC(=NCc1cccc(OCC(=O)NC2CC2)c1)NCC(C)c1cccs1. The molecule has 1 unspecified atom stereocenters. The maximum atomic E-state index is 11.8. The highest BCUT2D eigenvalue weighted by Gasteiger charge is 2.23. The molecule has 29 heavy (non-hydrogen) atoms. The van der Waals surface area contributed by atoms with Crippen LogP contribution in [0.25, 0.3) is 0 Å². The Morgan fingerprint density at radius 3 is 2.86 bits per heavy atom. The molecule has 0 aliphatic heterocycles. The summed E-state index contributed by atoms with van der Waals surface area (Å²) < 4.78 is 5.62. The quantitative estimate of drug-likeness (QED) is 0.412. The summed E-state index contributed by atoms with van der Waals surface area (Å²) in [4.78, 5) is 17.8. The molecule has 6 nitrogen and oxygen atoms in total. The van der Waals surface area contributed by atoms with Gasteiger partial charge < -0.3 is 20.7 Å². The number of hydrogen-bond donors (Lipinski definition) is 3. The van der Waals surface area contributed by atoms with Gasteiger partial charge in [0.1, 0.15) is 5.75 Å². The fourth-order valence-electron chi connectivity index (χ4n) is 2.81. The van der Waals surface area contributed by atoms with Crippen LogP contribution in [0.1, 0.15) is 43.0 Å². The Bertz CT molecular complexity index is 803. The van der Waals surface area contributed by atoms with Gasteiger partial charge in [0.2, 0.25) is 0 Å². The van der Waals surface area contributed by atoms with Crippen LogP contribution in [0.15, 0.2) is 46.8 Å². The van der Waals surface area contributed by atoms with Crippen molar-refractivity contribution in [3.05, 3.63) is 52.2 Å². The summed E-state index contributed by atoms with van der Waals surface area (Å²) in [7, 11) is 0. The van der Waals surface area contributed by atoms with E-state index in [4.69, 9.17) is 4.74 Å². The first-order chi connectivity index (χ1) is 14.1. The summed E-state index contributed by atoms with van der Waals surface area (Å²) in [5, 5.41) is 11.7. The molecule has 1 aromatic carbocycles. The van der Waals surface area contributed by atoms with Crippen molar-refractivity contribution in [1.82, 2.24) is 16.0 Å². The average molecular weight is 415 g/mol. The second kappa shape index (κ2) is 10.9. The number of amides is 1. The zero-order valence-corrected chi connectivity index (χ0v) is 17.9. The molecule has 2 aromatic rings. The van der Waals surface area contributed by atoms with Crippen molar-refractivity contribution in [2.24, 2.45) is 4.99 Å². The lowest BCUT2D eigenvalue weighted by Crippen LogP contribution is -2.39. The molecule has 1 amide bonds. The van der Waals surface area contributed by atoms with Gasteiger partial charge in [-0.15, -0.1) is 11.3 Å². The van der Waals surface area contributed by atoms with E-state index in [1.165, 1.54) is 4.88 Å². The normalized spacial score (nSPS) is 14.9. The number of hydrogen-bond acceptors (Lipinski definition) is 4. The van der Waals surface area contributed by atoms with Crippen LogP contribution in [0.4, 0.5) is 0 Å². The number of aliphatic imine (C=N–C) groups is 1. The first-order valence-corrected chi connectivity index (χ1v) is 11.1. The number of thiophene rings is 1. The molecule has 1 aliphatic carbocycles. The van der Waals surface area contributed by atoms with Crippen molar-refractivity contribution in [2.45, 2.75) is 45.2 Å². The highest BCUT2D eigenvalue weighted by Crippen LogP contribution is 2.20. The Labute approximate surface area is 176 Å². The van der Waals surface area contributed by atoms with Crippen LogP contribution in [-0.2, 0) is 11.3 Å². The predicted molar refractivity (Wildman–Crippen MR) is 119 cm³/mol. The molecule has 1 atom stereocenters. The van der Waals surface area contributed by atoms with Crippen molar-refractivity contribution >= 4 is 23.2 Å². The monoisotopic (exact) mass is 414 g/mol. The van der Waals surface area contributed by atoms with Crippen molar-refractivity contribution in [1.29, 1.82) is 0 Å². The van der Waals surface area contributed by atoms with Gasteiger partial charge in [-0.3, -0.25) is 4.79 Å². The minimum absolute atomic E-state index is 0.0496. The van der Waals surface area contributed by atoms with Crippen LogP contribution in [0, 0.1) is 0 Å². The van der Waals surface area contributed by atoms with Crippen LogP contribution in [0.2, 0.25) is 0 Å². The van der Waals surface area contributed by atoms with Crippen LogP contribution in [0.5, 0.6) is 5.75 Å². The smallest absolute Gasteiger partial charge is 0.258 e. The van der Waals surface area contributed by atoms with E-state index in [0.717, 1.165) is 37.5 Å². The number of carbonyl (C=O) groups is 1. The molecule has 7 heteroatoms. The molecule has 1 aliphatic rings. The van der Waals surface area contributed by atoms with Gasteiger partial charge in [-0.2, -0.15) is 0 Å². The second-order valence-corrected chi connectivity index (χ2v) is 8.25. The third-order valence-electron chi connectivity index (χ3n) is 4.58. The molecule has 3 N–H and O–H groups in total. The summed E-state index contributed by atoms with van der Waals surface area (Å²) in [5.74, 6) is 1.85. The topological polar surface area (TPSA) is 74.8 Å². The molecular formula is C22H30N4O2S. The van der Waals surface area contributed by atoms with E-state index in [1.807, 2.05) is 24.3 Å². The molecule has 1 heterocycles. The summed E-state index contributed by atoms with van der Waals surface area (Å²) in [6.07, 6.45) is 2.15. The molecule has 3 rings (SSSR count). The molecule has 1 saturated carbocycles. The van der Waals surface area contributed by atoms with E-state index in [0.29, 0.717) is 24.3 Å². The Balaban J connectivity index is 1.50. The summed E-state index contributed by atoms with van der Waals surface area (Å²) in [6, 6.07) is 12.3. The van der Waals surface area contributed by atoms with E-state index in [2.05, 4.69) is 52.3 Å². The van der Waals surface area contributed by atoms with Crippen molar-refractivity contribution in [3.8, 4) is 5.75 Å². The van der Waals surface area contributed by atoms with Gasteiger partial charge in [0, 0.05) is 29.9 Å². The van der Waals surface area contributed by atoms with Crippen molar-refractivity contribution in [3.63, 3.8) is 0 Å². The highest BCUT2D eigenvalue weighted by molar-refractivity contribution is 7.10. The first kappa shape index (κ1) is 21.2. The predicted octanol–water partition coefficient (Wildman–Crippen LogP) is 3.26. The minimum Gasteiger partial charge on any atom is -0.484 e. The molecule has 0 spiro atoms. The fourth-order valence-corrected chi connectivity index (χ4v) is 3.60. The summed E-state index contributed by atoms with van der Waals surface area (Å²) in [6.45, 7) is 6.48. The molecular weight excluding hydrogens is 384 g/mol. The lowest BCUT2D eigenvalue weighted by molar-refractivity contribution is -0.123. The Morgan fingerprint density at radius 1 is 1.28 bits per heavy atom. The number of carbonyl (C=O) groups excluding carboxylic acids is 1. The third-order valence-corrected chi connectivity index (χ3v) is 5.68. The van der Waals surface area contributed by atoms with E-state index >= 15 is 0 Å². The summed E-state index contributed by atoms with van der Waals surface area (Å²) >= 11 is 1.78. The van der Waals surface area contributed by atoms with Crippen molar-refractivity contribution < 1.29 is 9.53 Å². The van der Waals surface area contributed by atoms with Crippen molar-refractivity contribution in [2.75, 3.05) is 19.7 Å². The summed E-state index contributed by atoms with van der Waals surface area (Å²) in [5.41, 5.74) is 1.04. The number of ether oxygens (including phenoxy) is 1. The zero-order valence-electron chi connectivity index (χ0n) is 17.1. The highest BCUT2D eigenvalue weighted by atomic mass is 32.1. The largest absolute Gasteiger partial charge is 0.484 e. The molecule has 156 valence electrons. The lowest BCUT2D eigenvalue weighted by Gasteiger charge is -2.15. The van der Waals surface area contributed by atoms with Crippen LogP contribution < -0.4 is 20.7 Å². The van der Waals surface area contributed by atoms with E-state index < -0.39 is 0 Å². The Morgan fingerprint density at radius 2 is 2.14 bits per heavy atom. The van der Waals surface area contributed by atoms with Crippen LogP contribution in [-0.4, -0.2) is 37.6 Å². The maximum Gasteiger partial charge on any atom is 0.258 e. The van der Waals surface area contributed by atoms with E-state index in [1.54, 1.807) is 11.3 Å². The average Bonchev–Trinajstić information content (AvgIpc) is 3.36. The van der Waals surface area contributed by atoms with Gasteiger partial charge in [-0.25, -0.2) is 4.99 Å². The van der Waals surface area contributed by atoms with E-state index in [-0.39, 0.29) is 12.5 Å². The van der Waals surface area contributed by atoms with Crippen LogP contribution in [0.3, 0.4) is 0 Å². The van der Waals surface area contributed by atoms with Gasteiger partial charge in [-0.05, 0) is 48.9 Å². The maximum absolute atomic E-state index is 11.8. The van der Waals surface area contributed by atoms with E-state index in [9.17, 15) is 4.79 Å². The lowest BCUT2D eigenvalue weighted by atomic mass is 10.1.